The van der Waals surface area contributed by atoms with Crippen molar-refractivity contribution < 1.29 is 23.8 Å². The summed E-state index contributed by atoms with van der Waals surface area (Å²) in [5, 5.41) is -0.122. The Morgan fingerprint density at radius 2 is 2.08 bits per heavy atom. The van der Waals surface area contributed by atoms with Crippen LogP contribution in [-0.4, -0.2) is 29.3 Å². The van der Waals surface area contributed by atoms with Crippen LogP contribution in [-0.2, 0) is 16.1 Å². The van der Waals surface area contributed by atoms with E-state index in [0.717, 1.165) is 16.9 Å². The fourth-order valence-electron chi connectivity index (χ4n) is 3.03. The maximum atomic E-state index is 12.4. The largest absolute Gasteiger partial charge is 0.454 e. The summed E-state index contributed by atoms with van der Waals surface area (Å²) in [5.74, 6) is 2.05. The first-order valence-electron chi connectivity index (χ1n) is 8.18. The average molecular weight is 371 g/mol. The second kappa shape index (κ2) is 6.92. The lowest BCUT2D eigenvalue weighted by Crippen LogP contribution is -2.27. The average Bonchev–Trinajstić information content (AvgIpc) is 3.21. The SMILES string of the molecule is CC(=O)Oc1cccc(C2SCC(=O)N2Cc2ccc3c(c2)OCO3)c1. The van der Waals surface area contributed by atoms with E-state index in [4.69, 9.17) is 14.2 Å². The number of esters is 1. The number of thioether (sulfide) groups is 1. The number of carbonyl (C=O) groups is 2. The fraction of sp³-hybridized carbons (Fsp3) is 0.263. The zero-order chi connectivity index (χ0) is 18.1. The van der Waals surface area contributed by atoms with E-state index in [1.807, 2.05) is 41.3 Å². The fourth-order valence-corrected chi connectivity index (χ4v) is 4.21. The van der Waals surface area contributed by atoms with E-state index in [9.17, 15) is 9.59 Å². The summed E-state index contributed by atoms with van der Waals surface area (Å²) in [6.45, 7) is 2.07. The summed E-state index contributed by atoms with van der Waals surface area (Å²) < 4.78 is 15.9. The second-order valence-electron chi connectivity index (χ2n) is 6.04. The van der Waals surface area contributed by atoms with Crippen molar-refractivity contribution in [3.05, 3.63) is 53.6 Å². The van der Waals surface area contributed by atoms with E-state index in [0.29, 0.717) is 23.8 Å². The molecule has 1 saturated heterocycles. The summed E-state index contributed by atoms with van der Waals surface area (Å²) in [6, 6.07) is 13.0. The van der Waals surface area contributed by atoms with Gasteiger partial charge in [-0.15, -0.1) is 11.8 Å². The molecule has 26 heavy (non-hydrogen) atoms. The number of benzene rings is 2. The van der Waals surface area contributed by atoms with Gasteiger partial charge in [-0.05, 0) is 35.4 Å². The van der Waals surface area contributed by atoms with Gasteiger partial charge in [0.2, 0.25) is 12.7 Å². The molecule has 0 radical (unpaired) electrons. The molecule has 1 amide bonds. The Balaban J connectivity index is 1.57. The normalized spacial score (nSPS) is 18.3. The molecule has 0 bridgehead atoms. The minimum Gasteiger partial charge on any atom is -0.454 e. The first-order chi connectivity index (χ1) is 12.6. The van der Waals surface area contributed by atoms with Gasteiger partial charge in [0.1, 0.15) is 11.1 Å². The first kappa shape index (κ1) is 16.8. The van der Waals surface area contributed by atoms with E-state index in [2.05, 4.69) is 0 Å². The molecule has 134 valence electrons. The highest BCUT2D eigenvalue weighted by atomic mass is 32.2. The number of rotatable bonds is 4. The predicted octanol–water partition coefficient (Wildman–Crippen LogP) is 3.11. The van der Waals surface area contributed by atoms with Crippen molar-refractivity contribution in [1.82, 2.24) is 4.90 Å². The molecular formula is C19H17NO5S. The number of hydrogen-bond acceptors (Lipinski definition) is 6. The van der Waals surface area contributed by atoms with Crippen LogP contribution in [0.25, 0.3) is 0 Å². The Bertz CT molecular complexity index is 869. The molecule has 4 rings (SSSR count). The van der Waals surface area contributed by atoms with Gasteiger partial charge in [0.25, 0.3) is 0 Å². The molecule has 7 heteroatoms. The van der Waals surface area contributed by atoms with Gasteiger partial charge in [0.15, 0.2) is 11.5 Å². The summed E-state index contributed by atoms with van der Waals surface area (Å²) in [5.41, 5.74) is 1.91. The molecule has 2 heterocycles. The van der Waals surface area contributed by atoms with Crippen LogP contribution in [0.1, 0.15) is 23.4 Å². The molecule has 0 aliphatic carbocycles. The van der Waals surface area contributed by atoms with Crippen LogP contribution in [0.2, 0.25) is 0 Å². The van der Waals surface area contributed by atoms with Gasteiger partial charge in [0, 0.05) is 13.5 Å². The molecule has 1 atom stereocenters. The monoisotopic (exact) mass is 371 g/mol. The van der Waals surface area contributed by atoms with Crippen LogP contribution in [0.15, 0.2) is 42.5 Å². The van der Waals surface area contributed by atoms with Crippen LogP contribution >= 0.6 is 11.8 Å². The van der Waals surface area contributed by atoms with Gasteiger partial charge >= 0.3 is 5.97 Å². The number of fused-ring (bicyclic) bond motifs is 1. The third-order valence-electron chi connectivity index (χ3n) is 4.16. The van der Waals surface area contributed by atoms with Crippen LogP contribution in [0.4, 0.5) is 0 Å². The van der Waals surface area contributed by atoms with Gasteiger partial charge in [0.05, 0.1) is 5.75 Å². The van der Waals surface area contributed by atoms with Crippen molar-refractivity contribution in [1.29, 1.82) is 0 Å². The lowest BCUT2D eigenvalue weighted by atomic mass is 10.1. The maximum Gasteiger partial charge on any atom is 0.308 e. The number of ether oxygens (including phenoxy) is 3. The van der Waals surface area contributed by atoms with Gasteiger partial charge in [-0.1, -0.05) is 18.2 Å². The number of nitrogens with zero attached hydrogens (tertiary/aromatic N) is 1. The smallest absolute Gasteiger partial charge is 0.308 e. The first-order valence-corrected chi connectivity index (χ1v) is 9.23. The Labute approximate surface area is 155 Å². The van der Waals surface area contributed by atoms with Gasteiger partial charge in [-0.25, -0.2) is 0 Å². The van der Waals surface area contributed by atoms with E-state index >= 15 is 0 Å². The van der Waals surface area contributed by atoms with Crippen molar-refractivity contribution in [2.45, 2.75) is 18.8 Å². The lowest BCUT2D eigenvalue weighted by Gasteiger charge is -2.24. The molecule has 0 saturated carbocycles. The molecule has 0 aromatic heterocycles. The van der Waals surface area contributed by atoms with Crippen molar-refractivity contribution in [3.8, 4) is 17.2 Å². The second-order valence-corrected chi connectivity index (χ2v) is 7.11. The lowest BCUT2D eigenvalue weighted by molar-refractivity contribution is -0.132. The number of amides is 1. The molecular weight excluding hydrogens is 354 g/mol. The van der Waals surface area contributed by atoms with Crippen LogP contribution < -0.4 is 14.2 Å². The van der Waals surface area contributed by atoms with E-state index in [1.165, 1.54) is 6.92 Å². The number of carbonyl (C=O) groups excluding carboxylic acids is 2. The third-order valence-corrected chi connectivity index (χ3v) is 5.42. The van der Waals surface area contributed by atoms with E-state index < -0.39 is 0 Å². The Kier molecular flexibility index (Phi) is 4.46. The summed E-state index contributed by atoms with van der Waals surface area (Å²) >= 11 is 1.56. The van der Waals surface area contributed by atoms with Crippen LogP contribution in [0.5, 0.6) is 17.2 Å². The molecule has 1 fully saturated rings. The molecule has 1 unspecified atom stereocenters. The number of hydrogen-bond donors (Lipinski definition) is 0. The van der Waals surface area contributed by atoms with Crippen molar-refractivity contribution in [2.24, 2.45) is 0 Å². The third kappa shape index (κ3) is 3.35. The van der Waals surface area contributed by atoms with Crippen molar-refractivity contribution >= 4 is 23.6 Å². The maximum absolute atomic E-state index is 12.4. The van der Waals surface area contributed by atoms with Gasteiger partial charge < -0.3 is 19.1 Å². The zero-order valence-corrected chi connectivity index (χ0v) is 15.0. The molecule has 2 aromatic carbocycles. The Morgan fingerprint density at radius 1 is 1.23 bits per heavy atom. The standard InChI is InChI=1S/C19H17NO5S/c1-12(21)25-15-4-2-3-14(8-15)19-20(18(22)10-26-19)9-13-5-6-16-17(7-13)24-11-23-16/h2-8,19H,9-11H2,1H3. The Hall–Kier alpha value is -2.67. The topological polar surface area (TPSA) is 65.1 Å². The van der Waals surface area contributed by atoms with Crippen molar-refractivity contribution in [3.63, 3.8) is 0 Å². The van der Waals surface area contributed by atoms with Crippen LogP contribution in [0.3, 0.4) is 0 Å². The minimum atomic E-state index is -0.366. The zero-order valence-electron chi connectivity index (χ0n) is 14.1. The molecule has 0 spiro atoms. The molecule has 2 aliphatic rings. The summed E-state index contributed by atoms with van der Waals surface area (Å²) in [4.78, 5) is 25.4. The highest BCUT2D eigenvalue weighted by Gasteiger charge is 2.33. The van der Waals surface area contributed by atoms with E-state index in [-0.39, 0.29) is 24.0 Å². The highest BCUT2D eigenvalue weighted by Crippen LogP contribution is 2.41. The molecule has 2 aliphatic heterocycles. The predicted molar refractivity (Wildman–Crippen MR) is 96.1 cm³/mol. The van der Waals surface area contributed by atoms with Gasteiger partial charge in [-0.2, -0.15) is 0 Å². The highest BCUT2D eigenvalue weighted by molar-refractivity contribution is 8.00. The Morgan fingerprint density at radius 3 is 2.92 bits per heavy atom. The van der Waals surface area contributed by atoms with Crippen LogP contribution in [0, 0.1) is 0 Å². The molecule has 6 nitrogen and oxygen atoms in total. The minimum absolute atomic E-state index is 0.0792. The quantitative estimate of drug-likeness (QED) is 0.608. The molecule has 2 aromatic rings. The summed E-state index contributed by atoms with van der Waals surface area (Å²) in [7, 11) is 0. The van der Waals surface area contributed by atoms with Gasteiger partial charge in [-0.3, -0.25) is 9.59 Å². The van der Waals surface area contributed by atoms with E-state index in [1.54, 1.807) is 17.8 Å². The summed E-state index contributed by atoms with van der Waals surface area (Å²) in [6.07, 6.45) is 0. The van der Waals surface area contributed by atoms with Crippen molar-refractivity contribution in [2.75, 3.05) is 12.5 Å². The molecule has 0 N–H and O–H groups in total.